The SMILES string of the molecule is CN1CCN=C1C1(C(=O)O)CC2CC2C1. The number of nitrogens with zero attached hydrogens (tertiary/aromatic N) is 2. The average molecular weight is 208 g/mol. The summed E-state index contributed by atoms with van der Waals surface area (Å²) in [4.78, 5) is 18.0. The molecule has 1 N–H and O–H groups in total. The minimum Gasteiger partial charge on any atom is -0.480 e. The van der Waals surface area contributed by atoms with Crippen LogP contribution in [0.3, 0.4) is 0 Å². The van der Waals surface area contributed by atoms with Crippen LogP contribution in [0.1, 0.15) is 19.3 Å². The smallest absolute Gasteiger partial charge is 0.317 e. The number of aliphatic imine (C=N–C) groups is 1. The molecule has 0 aromatic carbocycles. The summed E-state index contributed by atoms with van der Waals surface area (Å²) in [5, 5.41) is 9.47. The largest absolute Gasteiger partial charge is 0.480 e. The van der Waals surface area contributed by atoms with Crippen molar-refractivity contribution in [1.82, 2.24) is 4.90 Å². The van der Waals surface area contributed by atoms with E-state index in [4.69, 9.17) is 0 Å². The van der Waals surface area contributed by atoms with E-state index < -0.39 is 11.4 Å². The van der Waals surface area contributed by atoms with Gasteiger partial charge < -0.3 is 10.0 Å². The standard InChI is InChI=1S/C11H16N2O2/c1-13-3-2-12-9(13)11(10(14)15)5-7-4-8(7)6-11/h7-8H,2-6H2,1H3,(H,14,15). The Kier molecular flexibility index (Phi) is 1.68. The second-order valence-electron chi connectivity index (χ2n) is 5.18. The highest BCUT2D eigenvalue weighted by molar-refractivity contribution is 6.06. The third-order valence-electron chi connectivity index (χ3n) is 4.19. The van der Waals surface area contributed by atoms with Gasteiger partial charge in [-0.2, -0.15) is 0 Å². The topological polar surface area (TPSA) is 52.9 Å². The third kappa shape index (κ3) is 1.13. The lowest BCUT2D eigenvalue weighted by Crippen LogP contribution is -2.44. The minimum atomic E-state index is -0.665. The van der Waals surface area contributed by atoms with E-state index in [0.717, 1.165) is 31.8 Å². The van der Waals surface area contributed by atoms with E-state index in [9.17, 15) is 9.90 Å². The van der Waals surface area contributed by atoms with Crippen LogP contribution in [0.4, 0.5) is 0 Å². The number of aliphatic carboxylic acids is 1. The maximum atomic E-state index is 11.5. The summed E-state index contributed by atoms with van der Waals surface area (Å²) in [6, 6.07) is 0. The van der Waals surface area contributed by atoms with Crippen LogP contribution in [0, 0.1) is 17.3 Å². The molecule has 1 heterocycles. The molecule has 2 atom stereocenters. The third-order valence-corrected chi connectivity index (χ3v) is 4.19. The Morgan fingerprint density at radius 2 is 2.20 bits per heavy atom. The fraction of sp³-hybridized carbons (Fsp3) is 0.818. The monoisotopic (exact) mass is 208 g/mol. The van der Waals surface area contributed by atoms with Gasteiger partial charge in [0.05, 0.1) is 6.54 Å². The second-order valence-corrected chi connectivity index (χ2v) is 5.18. The zero-order valence-corrected chi connectivity index (χ0v) is 8.94. The Morgan fingerprint density at radius 1 is 1.53 bits per heavy atom. The number of amidine groups is 1. The zero-order chi connectivity index (χ0) is 10.6. The van der Waals surface area contributed by atoms with E-state index in [0.29, 0.717) is 11.8 Å². The summed E-state index contributed by atoms with van der Waals surface area (Å²) in [5.74, 6) is 1.50. The molecule has 4 heteroatoms. The lowest BCUT2D eigenvalue weighted by atomic mass is 9.81. The Labute approximate surface area is 89.0 Å². The normalized spacial score (nSPS) is 42.7. The minimum absolute atomic E-state index is 0.640. The van der Waals surface area contributed by atoms with E-state index >= 15 is 0 Å². The van der Waals surface area contributed by atoms with Crippen molar-refractivity contribution in [3.05, 3.63) is 0 Å². The van der Waals surface area contributed by atoms with Gasteiger partial charge in [-0.1, -0.05) is 0 Å². The first-order valence-corrected chi connectivity index (χ1v) is 5.63. The molecule has 0 aromatic heterocycles. The average Bonchev–Trinajstić information content (AvgIpc) is 2.63. The van der Waals surface area contributed by atoms with Crippen LogP contribution >= 0.6 is 0 Å². The lowest BCUT2D eigenvalue weighted by molar-refractivity contribution is -0.145. The summed E-state index contributed by atoms with van der Waals surface area (Å²) >= 11 is 0. The molecule has 82 valence electrons. The Bertz CT molecular complexity index is 340. The van der Waals surface area contributed by atoms with Gasteiger partial charge in [0.15, 0.2) is 0 Å². The maximum absolute atomic E-state index is 11.5. The van der Waals surface area contributed by atoms with Crippen LogP contribution < -0.4 is 0 Å². The Balaban J connectivity index is 1.94. The Morgan fingerprint density at radius 3 is 2.67 bits per heavy atom. The molecule has 2 saturated carbocycles. The maximum Gasteiger partial charge on any atom is 0.317 e. The van der Waals surface area contributed by atoms with Crippen molar-refractivity contribution in [3.8, 4) is 0 Å². The molecule has 3 rings (SSSR count). The molecule has 0 aromatic rings. The van der Waals surface area contributed by atoms with Gasteiger partial charge in [0.1, 0.15) is 11.3 Å². The molecule has 0 spiro atoms. The zero-order valence-electron chi connectivity index (χ0n) is 8.94. The van der Waals surface area contributed by atoms with Crippen LogP contribution in [0.5, 0.6) is 0 Å². The number of likely N-dealkylation sites (N-methyl/N-ethyl adjacent to an activating group) is 1. The molecule has 3 aliphatic rings. The molecule has 1 aliphatic heterocycles. The first-order chi connectivity index (χ1) is 7.13. The molecule has 15 heavy (non-hydrogen) atoms. The molecule has 4 nitrogen and oxygen atoms in total. The van der Waals surface area contributed by atoms with Gasteiger partial charge >= 0.3 is 5.97 Å². The molecule has 0 saturated heterocycles. The van der Waals surface area contributed by atoms with Crippen molar-refractivity contribution in [2.45, 2.75) is 19.3 Å². The number of rotatable bonds is 2. The van der Waals surface area contributed by atoms with E-state index in [2.05, 4.69) is 4.99 Å². The summed E-state index contributed by atoms with van der Waals surface area (Å²) < 4.78 is 0. The lowest BCUT2D eigenvalue weighted by Gasteiger charge is -2.30. The van der Waals surface area contributed by atoms with Crippen molar-refractivity contribution in [1.29, 1.82) is 0 Å². The number of hydrogen-bond acceptors (Lipinski definition) is 3. The number of fused-ring (bicyclic) bond motifs is 1. The number of carbonyl (C=O) groups is 1. The van der Waals surface area contributed by atoms with Gasteiger partial charge in [-0.05, 0) is 31.1 Å². The number of hydrogen-bond donors (Lipinski definition) is 1. The van der Waals surface area contributed by atoms with Gasteiger partial charge in [-0.3, -0.25) is 9.79 Å². The molecule has 0 bridgehead atoms. The van der Waals surface area contributed by atoms with Crippen molar-refractivity contribution in [2.24, 2.45) is 22.2 Å². The van der Waals surface area contributed by atoms with E-state index in [1.54, 1.807) is 0 Å². The number of carboxylic acid groups (broad SMARTS) is 1. The molecule has 2 fully saturated rings. The van der Waals surface area contributed by atoms with Crippen LogP contribution in [0.2, 0.25) is 0 Å². The summed E-state index contributed by atoms with van der Waals surface area (Å²) in [6.45, 7) is 1.63. The predicted molar refractivity (Wildman–Crippen MR) is 55.8 cm³/mol. The number of carboxylic acids is 1. The van der Waals surface area contributed by atoms with Crippen molar-refractivity contribution < 1.29 is 9.90 Å². The fourth-order valence-corrected chi connectivity index (χ4v) is 3.29. The van der Waals surface area contributed by atoms with Crippen LogP contribution in [0.15, 0.2) is 4.99 Å². The quantitative estimate of drug-likeness (QED) is 0.731. The molecule has 2 unspecified atom stereocenters. The van der Waals surface area contributed by atoms with Gasteiger partial charge in [-0.15, -0.1) is 0 Å². The van der Waals surface area contributed by atoms with Gasteiger partial charge in [-0.25, -0.2) is 0 Å². The second kappa shape index (κ2) is 2.74. The highest BCUT2D eigenvalue weighted by atomic mass is 16.4. The summed E-state index contributed by atoms with van der Waals surface area (Å²) in [7, 11) is 1.96. The Hall–Kier alpha value is -1.06. The van der Waals surface area contributed by atoms with E-state index in [1.807, 2.05) is 11.9 Å². The van der Waals surface area contributed by atoms with Crippen LogP contribution in [0.25, 0.3) is 0 Å². The van der Waals surface area contributed by atoms with Gasteiger partial charge in [0, 0.05) is 13.6 Å². The van der Waals surface area contributed by atoms with E-state index in [1.165, 1.54) is 6.42 Å². The van der Waals surface area contributed by atoms with Crippen molar-refractivity contribution in [3.63, 3.8) is 0 Å². The summed E-state index contributed by atoms with van der Waals surface area (Å²) in [5.41, 5.74) is -0.640. The molecular weight excluding hydrogens is 192 g/mol. The molecule has 2 aliphatic carbocycles. The van der Waals surface area contributed by atoms with Gasteiger partial charge in [0.25, 0.3) is 0 Å². The molecule has 0 radical (unpaired) electrons. The molecule has 0 amide bonds. The highest BCUT2D eigenvalue weighted by Gasteiger charge is 2.61. The highest BCUT2D eigenvalue weighted by Crippen LogP contribution is 2.60. The van der Waals surface area contributed by atoms with Crippen molar-refractivity contribution >= 4 is 11.8 Å². The van der Waals surface area contributed by atoms with Crippen LogP contribution in [-0.4, -0.2) is 41.9 Å². The predicted octanol–water partition coefficient (Wildman–Crippen LogP) is 0.831. The summed E-state index contributed by atoms with van der Waals surface area (Å²) in [6.07, 6.45) is 2.87. The van der Waals surface area contributed by atoms with E-state index in [-0.39, 0.29) is 0 Å². The van der Waals surface area contributed by atoms with Gasteiger partial charge in [0.2, 0.25) is 0 Å². The fourth-order valence-electron chi connectivity index (χ4n) is 3.29. The first-order valence-electron chi connectivity index (χ1n) is 5.63. The van der Waals surface area contributed by atoms with Crippen LogP contribution in [-0.2, 0) is 4.79 Å². The molecular formula is C11H16N2O2. The first kappa shape index (κ1) is 9.19. The van der Waals surface area contributed by atoms with Crippen molar-refractivity contribution in [2.75, 3.05) is 20.1 Å².